The number of benzene rings is 1. The lowest BCUT2D eigenvalue weighted by atomic mass is 9.98. The van der Waals surface area contributed by atoms with Gasteiger partial charge in [-0.25, -0.2) is 4.98 Å². The Balaban J connectivity index is 0.00000205. The van der Waals surface area contributed by atoms with Gasteiger partial charge in [-0.05, 0) is 50.1 Å². The van der Waals surface area contributed by atoms with Crippen molar-refractivity contribution in [2.45, 2.75) is 38.1 Å². The average molecular weight is 408 g/mol. The van der Waals surface area contributed by atoms with Crippen LogP contribution in [0.4, 0.5) is 0 Å². The summed E-state index contributed by atoms with van der Waals surface area (Å²) in [6, 6.07) is 12.1. The Morgan fingerprint density at radius 3 is 2.66 bits per heavy atom. The molecule has 3 aromatic heterocycles. The maximum absolute atomic E-state index is 6.52. The second-order valence-corrected chi connectivity index (χ2v) is 7.60. The van der Waals surface area contributed by atoms with Crippen LogP contribution >= 0.6 is 12.4 Å². The number of nitrogens with two attached hydrogens (primary N) is 1. The Labute approximate surface area is 175 Å². The fourth-order valence-electron chi connectivity index (χ4n) is 3.94. The van der Waals surface area contributed by atoms with Crippen LogP contribution in [0.25, 0.3) is 33.6 Å². The molecule has 0 spiro atoms. The van der Waals surface area contributed by atoms with Crippen LogP contribution in [-0.4, -0.2) is 20.1 Å². The zero-order valence-electron chi connectivity index (χ0n) is 16.1. The normalized spacial score (nSPS) is 15.4. The van der Waals surface area contributed by atoms with Crippen molar-refractivity contribution >= 4 is 23.3 Å². The molecule has 6 nitrogen and oxygen atoms in total. The summed E-state index contributed by atoms with van der Waals surface area (Å²) in [4.78, 5) is 13.7. The third kappa shape index (κ3) is 3.50. The van der Waals surface area contributed by atoms with Crippen LogP contribution in [0.5, 0.6) is 0 Å². The molecule has 5 rings (SSSR count). The first kappa shape index (κ1) is 19.5. The van der Waals surface area contributed by atoms with Gasteiger partial charge in [0.15, 0.2) is 5.82 Å². The van der Waals surface area contributed by atoms with E-state index in [1.807, 2.05) is 24.3 Å². The van der Waals surface area contributed by atoms with Gasteiger partial charge < -0.3 is 10.3 Å². The summed E-state index contributed by atoms with van der Waals surface area (Å²) in [6.45, 7) is 2.06. The minimum absolute atomic E-state index is 0. The molecule has 0 amide bonds. The summed E-state index contributed by atoms with van der Waals surface area (Å²) in [5.41, 5.74) is 10.7. The Kier molecular flexibility index (Phi) is 5.06. The third-order valence-electron chi connectivity index (χ3n) is 5.52. The molecule has 2 N–H and O–H groups in total. The van der Waals surface area contributed by atoms with Gasteiger partial charge in [0.1, 0.15) is 0 Å². The molecular weight excluding hydrogens is 386 g/mol. The van der Waals surface area contributed by atoms with E-state index >= 15 is 0 Å². The highest BCUT2D eigenvalue weighted by atomic mass is 35.5. The largest absolute Gasteiger partial charge is 0.334 e. The summed E-state index contributed by atoms with van der Waals surface area (Å²) in [5, 5.41) is 5.22. The monoisotopic (exact) mass is 407 g/mol. The highest BCUT2D eigenvalue weighted by Crippen LogP contribution is 2.37. The predicted octanol–water partition coefficient (Wildman–Crippen LogP) is 4.81. The van der Waals surface area contributed by atoms with Crippen molar-refractivity contribution in [1.82, 2.24) is 20.1 Å². The lowest BCUT2D eigenvalue weighted by Gasteiger charge is -2.17. The van der Waals surface area contributed by atoms with Crippen LogP contribution in [0, 0.1) is 6.92 Å². The second-order valence-electron chi connectivity index (χ2n) is 7.60. The van der Waals surface area contributed by atoms with Crippen LogP contribution in [0.3, 0.4) is 0 Å². The van der Waals surface area contributed by atoms with Gasteiger partial charge in [0.05, 0.1) is 22.3 Å². The molecule has 0 radical (unpaired) electrons. The molecule has 1 fully saturated rings. The Hall–Kier alpha value is -2.83. The molecule has 0 saturated heterocycles. The summed E-state index contributed by atoms with van der Waals surface area (Å²) >= 11 is 0. The van der Waals surface area contributed by atoms with Crippen LogP contribution in [0.15, 0.2) is 53.3 Å². The van der Waals surface area contributed by atoms with E-state index in [4.69, 9.17) is 20.2 Å². The summed E-state index contributed by atoms with van der Waals surface area (Å²) < 4.78 is 5.68. The first-order valence-corrected chi connectivity index (χ1v) is 9.58. The second kappa shape index (κ2) is 7.54. The van der Waals surface area contributed by atoms with Crippen molar-refractivity contribution in [3.63, 3.8) is 0 Å². The molecule has 0 bridgehead atoms. The van der Waals surface area contributed by atoms with Crippen molar-refractivity contribution in [3.8, 4) is 22.7 Å². The van der Waals surface area contributed by atoms with E-state index in [2.05, 4.69) is 29.2 Å². The molecule has 0 unspecified atom stereocenters. The topological polar surface area (TPSA) is 90.7 Å². The van der Waals surface area contributed by atoms with Crippen LogP contribution in [0.1, 0.15) is 37.1 Å². The minimum atomic E-state index is -0.479. The molecule has 1 aromatic carbocycles. The van der Waals surface area contributed by atoms with E-state index in [0.29, 0.717) is 11.7 Å². The molecule has 7 heteroatoms. The fourth-order valence-corrected chi connectivity index (χ4v) is 3.94. The molecule has 1 saturated carbocycles. The number of pyridine rings is 2. The quantitative estimate of drug-likeness (QED) is 0.524. The van der Waals surface area contributed by atoms with Gasteiger partial charge in [0.25, 0.3) is 5.89 Å². The number of nitrogens with zero attached hydrogens (tertiary/aromatic N) is 4. The lowest BCUT2D eigenvalue weighted by molar-refractivity contribution is 0.373. The van der Waals surface area contributed by atoms with Gasteiger partial charge >= 0.3 is 0 Å². The highest BCUT2D eigenvalue weighted by Gasteiger charge is 2.36. The van der Waals surface area contributed by atoms with Crippen molar-refractivity contribution < 1.29 is 4.52 Å². The van der Waals surface area contributed by atoms with Gasteiger partial charge in [-0.15, -0.1) is 12.4 Å². The van der Waals surface area contributed by atoms with Gasteiger partial charge in [-0.2, -0.15) is 4.98 Å². The third-order valence-corrected chi connectivity index (χ3v) is 5.52. The first-order chi connectivity index (χ1) is 13.6. The van der Waals surface area contributed by atoms with E-state index in [1.165, 1.54) is 0 Å². The first-order valence-electron chi connectivity index (χ1n) is 9.58. The number of aromatic nitrogens is 4. The van der Waals surface area contributed by atoms with E-state index in [-0.39, 0.29) is 12.4 Å². The fraction of sp³-hybridized carbons (Fsp3) is 0.273. The standard InChI is InChI=1S/C22H21N5O.ClH/c1-14-6-7-18-16(11-14)17(12-19(25-18)15-5-4-10-24-13-15)20-26-21(27-28-20)22(23)8-2-3-9-22;/h4-7,10-13H,2-3,8-9,23H2,1H3;1H. The van der Waals surface area contributed by atoms with Gasteiger partial charge in [-0.3, -0.25) is 4.98 Å². The maximum atomic E-state index is 6.52. The van der Waals surface area contributed by atoms with Crippen molar-refractivity contribution in [1.29, 1.82) is 0 Å². The van der Waals surface area contributed by atoms with Gasteiger partial charge in [-0.1, -0.05) is 29.6 Å². The van der Waals surface area contributed by atoms with E-state index in [9.17, 15) is 0 Å². The molecule has 0 atom stereocenters. The number of fused-ring (bicyclic) bond motifs is 1. The number of halogens is 1. The van der Waals surface area contributed by atoms with E-state index in [1.54, 1.807) is 12.4 Å². The molecule has 29 heavy (non-hydrogen) atoms. The van der Waals surface area contributed by atoms with Gasteiger partial charge in [0.2, 0.25) is 0 Å². The highest BCUT2D eigenvalue weighted by molar-refractivity contribution is 5.95. The van der Waals surface area contributed by atoms with Crippen LogP contribution in [-0.2, 0) is 5.54 Å². The predicted molar refractivity (Wildman–Crippen MR) is 115 cm³/mol. The molecule has 148 valence electrons. The summed E-state index contributed by atoms with van der Waals surface area (Å²) in [7, 11) is 0. The Morgan fingerprint density at radius 2 is 1.90 bits per heavy atom. The van der Waals surface area contributed by atoms with Crippen LogP contribution in [0.2, 0.25) is 0 Å². The zero-order chi connectivity index (χ0) is 19.1. The number of rotatable bonds is 3. The molecular formula is C22H22ClN5O. The van der Waals surface area contributed by atoms with Crippen LogP contribution < -0.4 is 5.73 Å². The van der Waals surface area contributed by atoms with Crippen molar-refractivity contribution in [3.05, 3.63) is 60.2 Å². The molecule has 4 aromatic rings. The Morgan fingerprint density at radius 1 is 1.07 bits per heavy atom. The minimum Gasteiger partial charge on any atom is -0.334 e. The van der Waals surface area contributed by atoms with Crippen molar-refractivity contribution in [2.24, 2.45) is 5.73 Å². The van der Waals surface area contributed by atoms with Gasteiger partial charge in [0, 0.05) is 23.3 Å². The SMILES string of the molecule is Cc1ccc2nc(-c3cccnc3)cc(-c3nc(C4(N)CCCC4)no3)c2c1.Cl. The smallest absolute Gasteiger partial charge is 0.258 e. The number of aryl methyl sites for hydroxylation is 1. The average Bonchev–Trinajstić information content (AvgIpc) is 3.38. The summed E-state index contributed by atoms with van der Waals surface area (Å²) in [5.74, 6) is 1.08. The zero-order valence-corrected chi connectivity index (χ0v) is 16.9. The van der Waals surface area contributed by atoms with Crippen molar-refractivity contribution in [2.75, 3.05) is 0 Å². The number of hydrogen-bond donors (Lipinski definition) is 1. The summed E-state index contributed by atoms with van der Waals surface area (Å²) in [6.07, 6.45) is 7.54. The Bertz CT molecular complexity index is 1150. The van der Waals surface area contributed by atoms with E-state index in [0.717, 1.165) is 59.0 Å². The lowest BCUT2D eigenvalue weighted by Crippen LogP contribution is -2.34. The molecule has 1 aliphatic rings. The maximum Gasteiger partial charge on any atom is 0.258 e. The molecule has 3 heterocycles. The molecule has 0 aliphatic heterocycles. The van der Waals surface area contributed by atoms with E-state index < -0.39 is 5.54 Å². The molecule has 1 aliphatic carbocycles. The number of hydrogen-bond acceptors (Lipinski definition) is 6.